The van der Waals surface area contributed by atoms with E-state index in [-0.39, 0.29) is 0 Å². The van der Waals surface area contributed by atoms with Crippen molar-refractivity contribution < 1.29 is 0 Å². The van der Waals surface area contributed by atoms with Gasteiger partial charge in [0, 0.05) is 0 Å². The van der Waals surface area contributed by atoms with Crippen LogP contribution in [0.1, 0.15) is 30.0 Å². The molecule has 0 spiro atoms. The fourth-order valence-electron chi connectivity index (χ4n) is 1.40. The fraction of sp³-hybridized carbons (Fsp3) is 0.385. The molecule has 70 valence electrons. The van der Waals surface area contributed by atoms with Crippen molar-refractivity contribution in [3.05, 3.63) is 47.0 Å². The average molecular weight is 174 g/mol. The van der Waals surface area contributed by atoms with Crippen molar-refractivity contribution in [3.63, 3.8) is 0 Å². The van der Waals surface area contributed by atoms with Crippen molar-refractivity contribution >= 4 is 0 Å². The molecule has 0 atom stereocenters. The average Bonchev–Trinajstić information content (AvgIpc) is 2.13. The first-order valence-corrected chi connectivity index (χ1v) is 4.87. The van der Waals surface area contributed by atoms with Gasteiger partial charge in [0.2, 0.25) is 0 Å². The molecule has 0 N–H and O–H groups in total. The van der Waals surface area contributed by atoms with Crippen molar-refractivity contribution in [3.8, 4) is 0 Å². The summed E-state index contributed by atoms with van der Waals surface area (Å²) in [5.74, 6) is 0. The Labute approximate surface area is 81.3 Å². The summed E-state index contributed by atoms with van der Waals surface area (Å²) < 4.78 is 0. The SMILES string of the molecule is C=C(CC)Cc1cccc(C)c1C. The minimum absolute atomic E-state index is 1.03. The van der Waals surface area contributed by atoms with E-state index in [4.69, 9.17) is 0 Å². The maximum absolute atomic E-state index is 4.04. The van der Waals surface area contributed by atoms with E-state index in [2.05, 4.69) is 45.5 Å². The zero-order chi connectivity index (χ0) is 9.84. The summed E-state index contributed by atoms with van der Waals surface area (Å²) in [7, 11) is 0. The molecule has 0 aliphatic heterocycles. The van der Waals surface area contributed by atoms with E-state index in [1.165, 1.54) is 22.3 Å². The number of allylic oxidation sites excluding steroid dienone is 1. The van der Waals surface area contributed by atoms with Crippen LogP contribution in [0.4, 0.5) is 0 Å². The monoisotopic (exact) mass is 174 g/mol. The van der Waals surface area contributed by atoms with Crippen molar-refractivity contribution in [2.75, 3.05) is 0 Å². The lowest BCUT2D eigenvalue weighted by atomic mass is 9.97. The summed E-state index contributed by atoms with van der Waals surface area (Å²) in [6.45, 7) is 10.5. The molecule has 13 heavy (non-hydrogen) atoms. The van der Waals surface area contributed by atoms with E-state index < -0.39 is 0 Å². The molecule has 0 unspecified atom stereocenters. The Kier molecular flexibility index (Phi) is 3.30. The second-order valence-corrected chi connectivity index (χ2v) is 3.64. The third-order valence-corrected chi connectivity index (χ3v) is 2.66. The van der Waals surface area contributed by atoms with Gasteiger partial charge in [-0.1, -0.05) is 37.3 Å². The molecule has 0 heteroatoms. The molecular formula is C13H18. The van der Waals surface area contributed by atoms with Crippen LogP contribution in [0.2, 0.25) is 0 Å². The Hall–Kier alpha value is -1.04. The summed E-state index contributed by atoms with van der Waals surface area (Å²) in [6.07, 6.45) is 2.11. The highest BCUT2D eigenvalue weighted by Crippen LogP contribution is 2.16. The molecule has 0 amide bonds. The first kappa shape index (κ1) is 10.0. The van der Waals surface area contributed by atoms with E-state index in [1.807, 2.05) is 0 Å². The minimum atomic E-state index is 1.03. The van der Waals surface area contributed by atoms with Gasteiger partial charge in [-0.25, -0.2) is 0 Å². The van der Waals surface area contributed by atoms with Gasteiger partial charge >= 0.3 is 0 Å². The molecule has 1 aromatic carbocycles. The molecule has 0 fully saturated rings. The molecule has 1 aromatic rings. The van der Waals surface area contributed by atoms with E-state index >= 15 is 0 Å². The van der Waals surface area contributed by atoms with E-state index in [0.717, 1.165) is 12.8 Å². The van der Waals surface area contributed by atoms with Gasteiger partial charge in [-0.2, -0.15) is 0 Å². The van der Waals surface area contributed by atoms with Crippen molar-refractivity contribution in [2.45, 2.75) is 33.6 Å². The summed E-state index contributed by atoms with van der Waals surface area (Å²) in [5.41, 5.74) is 5.53. The van der Waals surface area contributed by atoms with E-state index in [0.29, 0.717) is 0 Å². The third kappa shape index (κ3) is 2.45. The molecule has 0 heterocycles. The Morgan fingerprint density at radius 2 is 2.00 bits per heavy atom. The second-order valence-electron chi connectivity index (χ2n) is 3.64. The van der Waals surface area contributed by atoms with Gasteiger partial charge < -0.3 is 0 Å². The van der Waals surface area contributed by atoms with Crippen LogP contribution in [-0.4, -0.2) is 0 Å². The quantitative estimate of drug-likeness (QED) is 0.611. The number of hydrogen-bond acceptors (Lipinski definition) is 0. The number of rotatable bonds is 3. The summed E-state index contributed by atoms with van der Waals surface area (Å²) >= 11 is 0. The Balaban J connectivity index is 2.89. The lowest BCUT2D eigenvalue weighted by Gasteiger charge is -2.08. The summed E-state index contributed by atoms with van der Waals surface area (Å²) in [4.78, 5) is 0. The highest BCUT2D eigenvalue weighted by atomic mass is 14.1. The normalized spacial score (nSPS) is 10.1. The molecule has 0 aromatic heterocycles. The topological polar surface area (TPSA) is 0 Å². The van der Waals surface area contributed by atoms with Crippen LogP contribution in [0.15, 0.2) is 30.4 Å². The smallest absolute Gasteiger partial charge is 0.00672 e. The standard InChI is InChI=1S/C13H18/c1-5-10(2)9-13-8-6-7-11(3)12(13)4/h6-8H,2,5,9H2,1,3-4H3. The molecule has 0 aliphatic carbocycles. The maximum atomic E-state index is 4.04. The van der Waals surface area contributed by atoms with Crippen molar-refractivity contribution in [1.29, 1.82) is 0 Å². The van der Waals surface area contributed by atoms with Crippen molar-refractivity contribution in [2.24, 2.45) is 0 Å². The predicted octanol–water partition coefficient (Wildman–Crippen LogP) is 3.81. The van der Waals surface area contributed by atoms with Crippen LogP contribution in [0.5, 0.6) is 0 Å². The predicted molar refractivity (Wildman–Crippen MR) is 59.1 cm³/mol. The lowest BCUT2D eigenvalue weighted by molar-refractivity contribution is 1.000. The Morgan fingerprint density at radius 1 is 1.31 bits per heavy atom. The summed E-state index contributed by atoms with van der Waals surface area (Å²) in [5, 5.41) is 0. The second kappa shape index (κ2) is 4.27. The van der Waals surface area contributed by atoms with Gasteiger partial charge in [0.05, 0.1) is 0 Å². The molecular weight excluding hydrogens is 156 g/mol. The zero-order valence-electron chi connectivity index (χ0n) is 8.85. The minimum Gasteiger partial charge on any atom is -0.0995 e. The zero-order valence-corrected chi connectivity index (χ0v) is 8.85. The lowest BCUT2D eigenvalue weighted by Crippen LogP contribution is -1.93. The van der Waals surface area contributed by atoms with Crippen LogP contribution in [-0.2, 0) is 6.42 Å². The molecule has 0 aliphatic rings. The molecule has 0 radical (unpaired) electrons. The van der Waals surface area contributed by atoms with Crippen LogP contribution < -0.4 is 0 Å². The van der Waals surface area contributed by atoms with Gasteiger partial charge in [0.1, 0.15) is 0 Å². The highest BCUT2D eigenvalue weighted by Gasteiger charge is 2.01. The van der Waals surface area contributed by atoms with Gasteiger partial charge in [-0.3, -0.25) is 0 Å². The van der Waals surface area contributed by atoms with E-state index in [9.17, 15) is 0 Å². The number of benzene rings is 1. The Bertz CT molecular complexity index is 308. The van der Waals surface area contributed by atoms with E-state index in [1.54, 1.807) is 0 Å². The van der Waals surface area contributed by atoms with Crippen LogP contribution >= 0.6 is 0 Å². The Morgan fingerprint density at radius 3 is 2.62 bits per heavy atom. The first-order valence-electron chi connectivity index (χ1n) is 4.87. The molecule has 0 nitrogen and oxygen atoms in total. The van der Waals surface area contributed by atoms with Crippen LogP contribution in [0.3, 0.4) is 0 Å². The molecule has 1 rings (SSSR count). The number of aryl methyl sites for hydroxylation is 1. The molecule has 0 saturated carbocycles. The number of hydrogen-bond donors (Lipinski definition) is 0. The highest BCUT2D eigenvalue weighted by molar-refractivity contribution is 5.35. The van der Waals surface area contributed by atoms with Crippen LogP contribution in [0, 0.1) is 13.8 Å². The maximum Gasteiger partial charge on any atom is -0.00672 e. The van der Waals surface area contributed by atoms with Gasteiger partial charge in [0.25, 0.3) is 0 Å². The van der Waals surface area contributed by atoms with Crippen LogP contribution in [0.25, 0.3) is 0 Å². The molecule has 0 saturated heterocycles. The largest absolute Gasteiger partial charge is 0.0995 e. The first-order chi connectivity index (χ1) is 6.15. The third-order valence-electron chi connectivity index (χ3n) is 2.66. The van der Waals surface area contributed by atoms with Gasteiger partial charge in [-0.05, 0) is 43.4 Å². The summed E-state index contributed by atoms with van der Waals surface area (Å²) in [6, 6.07) is 6.48. The van der Waals surface area contributed by atoms with Gasteiger partial charge in [-0.15, -0.1) is 0 Å². The van der Waals surface area contributed by atoms with Crippen molar-refractivity contribution in [1.82, 2.24) is 0 Å². The fourth-order valence-corrected chi connectivity index (χ4v) is 1.40. The van der Waals surface area contributed by atoms with Gasteiger partial charge in [0.15, 0.2) is 0 Å². The molecule has 0 bridgehead atoms.